The van der Waals surface area contributed by atoms with Gasteiger partial charge in [-0.1, -0.05) is 6.42 Å². The lowest BCUT2D eigenvalue weighted by Crippen LogP contribution is -2.14. The minimum absolute atomic E-state index is 0.422. The number of carbonyl (C=O) groups is 1. The summed E-state index contributed by atoms with van der Waals surface area (Å²) < 4.78 is 4.42. The quantitative estimate of drug-likeness (QED) is 0.376. The van der Waals surface area contributed by atoms with Gasteiger partial charge in [0.05, 0.1) is 19.3 Å². The van der Waals surface area contributed by atoms with Crippen LogP contribution in [0, 0.1) is 0 Å². The molecule has 0 aromatic heterocycles. The Morgan fingerprint density at radius 1 is 1.69 bits per heavy atom. The van der Waals surface area contributed by atoms with E-state index in [1.807, 2.05) is 0 Å². The Kier molecular flexibility index (Phi) is 3.74. The molecule has 1 aliphatic carbocycles. The molecule has 1 atom stereocenters. The Labute approximate surface area is 77.7 Å². The average molecular weight is 182 g/mol. The van der Waals surface area contributed by atoms with Gasteiger partial charge in [0.2, 0.25) is 0 Å². The fraction of sp³-hybridized carbons (Fsp3) is 0.600. The molecule has 13 heavy (non-hydrogen) atoms. The zero-order valence-electron chi connectivity index (χ0n) is 7.75. The van der Waals surface area contributed by atoms with Crippen molar-refractivity contribution in [3.05, 3.63) is 17.4 Å². The van der Waals surface area contributed by atoms with Gasteiger partial charge in [0.25, 0.3) is 0 Å². The summed E-state index contributed by atoms with van der Waals surface area (Å²) in [7, 11) is 1.32. The van der Waals surface area contributed by atoms with Crippen LogP contribution in [-0.2, 0) is 9.53 Å². The molecule has 1 fully saturated rings. The minimum Gasteiger partial charge on any atom is -0.465 e. The summed E-state index contributed by atoms with van der Waals surface area (Å²) in [6.07, 6.45) is 4.53. The van der Waals surface area contributed by atoms with E-state index in [1.165, 1.54) is 13.2 Å². The summed E-state index contributed by atoms with van der Waals surface area (Å²) in [6, 6.07) is 0. The van der Waals surface area contributed by atoms with E-state index < -0.39 is 12.1 Å². The van der Waals surface area contributed by atoms with Gasteiger partial charge in [0.15, 0.2) is 0 Å². The van der Waals surface area contributed by atoms with Crippen LogP contribution in [0.2, 0.25) is 0 Å². The van der Waals surface area contributed by atoms with Crippen LogP contribution in [0.15, 0.2) is 17.4 Å². The molecule has 0 aliphatic heterocycles. The summed E-state index contributed by atoms with van der Waals surface area (Å²) >= 11 is 0. The van der Waals surface area contributed by atoms with Gasteiger partial charge in [-0.15, -0.1) is 5.73 Å². The van der Waals surface area contributed by atoms with Crippen molar-refractivity contribution in [2.75, 3.05) is 7.11 Å². The van der Waals surface area contributed by atoms with Crippen molar-refractivity contribution in [2.45, 2.75) is 31.8 Å². The van der Waals surface area contributed by atoms with Crippen LogP contribution in [-0.4, -0.2) is 24.3 Å². The predicted molar refractivity (Wildman–Crippen MR) is 48.1 cm³/mol. The molecule has 3 heteroatoms. The van der Waals surface area contributed by atoms with Crippen LogP contribution in [0.4, 0.5) is 0 Å². The van der Waals surface area contributed by atoms with Gasteiger partial charge in [-0.05, 0) is 19.3 Å². The molecule has 3 nitrogen and oxygen atoms in total. The summed E-state index contributed by atoms with van der Waals surface area (Å²) in [5.74, 6) is -0.426. The highest BCUT2D eigenvalue weighted by Crippen LogP contribution is 2.22. The molecule has 0 spiro atoms. The number of aliphatic hydroxyl groups is 1. The molecule has 0 radical (unpaired) electrons. The van der Waals surface area contributed by atoms with E-state index in [-0.39, 0.29) is 0 Å². The average Bonchev–Trinajstić information content (AvgIpc) is 2.16. The minimum atomic E-state index is -0.426. The Bertz CT molecular complexity index is 249. The van der Waals surface area contributed by atoms with Gasteiger partial charge in [0.1, 0.15) is 0 Å². The summed E-state index contributed by atoms with van der Waals surface area (Å²) in [6.45, 7) is 0. The largest absolute Gasteiger partial charge is 0.465 e. The van der Waals surface area contributed by atoms with Crippen LogP contribution in [0.1, 0.15) is 25.7 Å². The first-order valence-electron chi connectivity index (χ1n) is 4.45. The third-order valence-electron chi connectivity index (χ3n) is 2.15. The second-order valence-electron chi connectivity index (χ2n) is 3.10. The highest BCUT2D eigenvalue weighted by molar-refractivity contribution is 5.81. The lowest BCUT2D eigenvalue weighted by Gasteiger charge is -2.17. The molecule has 0 bridgehead atoms. The normalized spacial score (nSPS) is 22.0. The fourth-order valence-electron chi connectivity index (χ4n) is 1.37. The third-order valence-corrected chi connectivity index (χ3v) is 2.15. The van der Waals surface area contributed by atoms with Crippen molar-refractivity contribution in [1.29, 1.82) is 0 Å². The first kappa shape index (κ1) is 10.0. The molecule has 1 unspecified atom stereocenters. The standard InChI is InChI=1S/C10H14O3/c1-13-10(12)7-6-8-4-2-3-5-9(8)11/h7,9,11H,2-5H2,1H3. The van der Waals surface area contributed by atoms with E-state index >= 15 is 0 Å². The molecular weight excluding hydrogens is 168 g/mol. The number of methoxy groups -OCH3 is 1. The van der Waals surface area contributed by atoms with Gasteiger partial charge in [0, 0.05) is 5.57 Å². The van der Waals surface area contributed by atoms with Gasteiger partial charge in [-0.2, -0.15) is 0 Å². The van der Waals surface area contributed by atoms with Crippen molar-refractivity contribution >= 4 is 5.97 Å². The van der Waals surface area contributed by atoms with Crippen LogP contribution < -0.4 is 0 Å². The van der Waals surface area contributed by atoms with Crippen LogP contribution >= 0.6 is 0 Å². The number of hydrogen-bond donors (Lipinski definition) is 1. The number of hydrogen-bond acceptors (Lipinski definition) is 3. The van der Waals surface area contributed by atoms with Gasteiger partial charge in [-0.3, -0.25) is 0 Å². The van der Waals surface area contributed by atoms with E-state index in [1.54, 1.807) is 0 Å². The first-order chi connectivity index (χ1) is 6.24. The maximum Gasteiger partial charge on any atom is 0.338 e. The second-order valence-corrected chi connectivity index (χ2v) is 3.10. The SMILES string of the molecule is COC(=O)C=C=C1CCCCC1O. The highest BCUT2D eigenvalue weighted by atomic mass is 16.5. The van der Waals surface area contributed by atoms with Gasteiger partial charge < -0.3 is 9.84 Å². The zero-order chi connectivity index (χ0) is 9.68. The number of aliphatic hydroxyl groups excluding tert-OH is 1. The Morgan fingerprint density at radius 3 is 3.08 bits per heavy atom. The lowest BCUT2D eigenvalue weighted by molar-refractivity contribution is -0.134. The Morgan fingerprint density at radius 2 is 2.46 bits per heavy atom. The smallest absolute Gasteiger partial charge is 0.338 e. The Balaban J connectivity index is 2.67. The third kappa shape index (κ3) is 3.05. The lowest BCUT2D eigenvalue weighted by atomic mass is 9.93. The first-order valence-corrected chi connectivity index (χ1v) is 4.45. The van der Waals surface area contributed by atoms with Crippen molar-refractivity contribution in [3.63, 3.8) is 0 Å². The monoisotopic (exact) mass is 182 g/mol. The second kappa shape index (κ2) is 4.85. The zero-order valence-corrected chi connectivity index (χ0v) is 7.75. The number of carbonyl (C=O) groups excluding carboxylic acids is 1. The van der Waals surface area contributed by atoms with E-state index in [9.17, 15) is 9.90 Å². The summed E-state index contributed by atoms with van der Waals surface area (Å²) in [4.78, 5) is 10.7. The van der Waals surface area contributed by atoms with Gasteiger partial charge in [-0.25, -0.2) is 4.79 Å². The maximum atomic E-state index is 10.7. The van der Waals surface area contributed by atoms with E-state index in [0.717, 1.165) is 31.3 Å². The molecule has 72 valence electrons. The summed E-state index contributed by atoms with van der Waals surface area (Å²) in [5.41, 5.74) is 3.61. The molecule has 1 N–H and O–H groups in total. The number of rotatable bonds is 1. The van der Waals surface area contributed by atoms with E-state index in [4.69, 9.17) is 0 Å². The van der Waals surface area contributed by atoms with Crippen molar-refractivity contribution in [3.8, 4) is 0 Å². The highest BCUT2D eigenvalue weighted by Gasteiger charge is 2.14. The van der Waals surface area contributed by atoms with E-state index in [2.05, 4.69) is 10.5 Å². The molecule has 0 aromatic rings. The van der Waals surface area contributed by atoms with Crippen LogP contribution in [0.5, 0.6) is 0 Å². The number of ether oxygens (including phenoxy) is 1. The molecule has 0 aromatic carbocycles. The number of esters is 1. The molecule has 0 amide bonds. The van der Waals surface area contributed by atoms with Crippen molar-refractivity contribution in [1.82, 2.24) is 0 Å². The molecule has 1 saturated carbocycles. The van der Waals surface area contributed by atoms with Crippen molar-refractivity contribution < 1.29 is 14.6 Å². The Hall–Kier alpha value is -1.05. The summed E-state index contributed by atoms with van der Waals surface area (Å²) in [5, 5.41) is 9.48. The molecule has 1 aliphatic rings. The van der Waals surface area contributed by atoms with Crippen molar-refractivity contribution in [2.24, 2.45) is 0 Å². The predicted octanol–water partition coefficient (Wildman–Crippen LogP) is 1.18. The van der Waals surface area contributed by atoms with Crippen LogP contribution in [0.25, 0.3) is 0 Å². The molecule has 0 heterocycles. The molecular formula is C10H14O3. The molecule has 1 rings (SSSR count). The topological polar surface area (TPSA) is 46.5 Å². The van der Waals surface area contributed by atoms with Gasteiger partial charge >= 0.3 is 5.97 Å². The maximum absolute atomic E-state index is 10.7. The molecule has 0 saturated heterocycles. The van der Waals surface area contributed by atoms with E-state index in [0.29, 0.717) is 0 Å². The fourth-order valence-corrected chi connectivity index (χ4v) is 1.37. The van der Waals surface area contributed by atoms with Crippen LogP contribution in [0.3, 0.4) is 0 Å².